The van der Waals surface area contributed by atoms with Crippen molar-refractivity contribution in [3.8, 4) is 11.1 Å². The van der Waals surface area contributed by atoms with Gasteiger partial charge in [0.1, 0.15) is 0 Å². The third-order valence-electron chi connectivity index (χ3n) is 2.17. The highest BCUT2D eigenvalue weighted by Gasteiger charge is 2.08. The molecule has 0 bridgehead atoms. The molecule has 1 aromatic carbocycles. The van der Waals surface area contributed by atoms with Crippen LogP contribution in [0, 0.1) is 6.92 Å². The number of benzene rings is 1. The van der Waals surface area contributed by atoms with Gasteiger partial charge in [-0.1, -0.05) is 35.9 Å². The van der Waals surface area contributed by atoms with Gasteiger partial charge in [-0.05, 0) is 24.1 Å². The van der Waals surface area contributed by atoms with Gasteiger partial charge in [0.15, 0.2) is 0 Å². The van der Waals surface area contributed by atoms with Gasteiger partial charge in [0, 0.05) is 5.56 Å². The minimum Gasteiger partial charge on any atom is -0.390 e. The van der Waals surface area contributed by atoms with Gasteiger partial charge < -0.3 is 5.73 Å². The predicted molar refractivity (Wildman–Crippen MR) is 63.9 cm³/mol. The number of halogens is 1. The van der Waals surface area contributed by atoms with E-state index in [4.69, 9.17) is 17.3 Å². The van der Waals surface area contributed by atoms with Crippen LogP contribution in [0.3, 0.4) is 0 Å². The van der Waals surface area contributed by atoms with Crippen LogP contribution >= 0.6 is 22.9 Å². The van der Waals surface area contributed by atoms with Crippen LogP contribution in [-0.2, 0) is 0 Å². The van der Waals surface area contributed by atoms with Gasteiger partial charge >= 0.3 is 0 Å². The Morgan fingerprint density at radius 2 is 1.93 bits per heavy atom. The van der Waals surface area contributed by atoms with Gasteiger partial charge in [0.05, 0.1) is 9.34 Å². The molecule has 0 aliphatic rings. The lowest BCUT2D eigenvalue weighted by Gasteiger charge is -2.03. The number of aryl methyl sites for hydroxylation is 1. The molecule has 2 rings (SSSR count). The first-order valence-corrected chi connectivity index (χ1v) is 5.49. The fourth-order valence-electron chi connectivity index (χ4n) is 1.46. The average molecular weight is 224 g/mol. The molecule has 0 amide bonds. The van der Waals surface area contributed by atoms with Crippen molar-refractivity contribution in [3.05, 3.63) is 40.2 Å². The number of thiophene rings is 1. The summed E-state index contributed by atoms with van der Waals surface area (Å²) in [5, 5.41) is 0.782. The zero-order valence-corrected chi connectivity index (χ0v) is 9.32. The predicted octanol–water partition coefficient (Wildman–Crippen LogP) is 3.96. The van der Waals surface area contributed by atoms with Crippen molar-refractivity contribution in [2.45, 2.75) is 6.92 Å². The van der Waals surface area contributed by atoms with Crippen molar-refractivity contribution in [2.75, 3.05) is 5.73 Å². The minimum absolute atomic E-state index is 0.737. The summed E-state index contributed by atoms with van der Waals surface area (Å²) in [7, 11) is 0. The minimum atomic E-state index is 0.737. The zero-order valence-electron chi connectivity index (χ0n) is 7.75. The molecule has 0 saturated heterocycles. The van der Waals surface area contributed by atoms with Gasteiger partial charge in [-0.3, -0.25) is 0 Å². The Labute approximate surface area is 92.1 Å². The molecule has 1 heterocycles. The van der Waals surface area contributed by atoms with Crippen molar-refractivity contribution < 1.29 is 0 Å². The fraction of sp³-hybridized carbons (Fsp3) is 0.0909. The van der Waals surface area contributed by atoms with Crippen molar-refractivity contribution in [2.24, 2.45) is 0 Å². The highest BCUT2D eigenvalue weighted by Crippen LogP contribution is 2.37. The van der Waals surface area contributed by atoms with E-state index in [1.165, 1.54) is 16.9 Å². The second-order valence-electron chi connectivity index (χ2n) is 3.14. The van der Waals surface area contributed by atoms with E-state index in [1.807, 2.05) is 18.2 Å². The number of nitrogens with two attached hydrogens (primary N) is 1. The standard InChI is InChI=1S/C11H10ClNS/c1-7-4-2-3-5-8(7)9-6-10(12)14-11(9)13/h2-6H,13H2,1H3. The van der Waals surface area contributed by atoms with E-state index >= 15 is 0 Å². The SMILES string of the molecule is Cc1ccccc1-c1cc(Cl)sc1N. The van der Waals surface area contributed by atoms with Crippen LogP contribution < -0.4 is 5.73 Å². The molecule has 0 unspecified atom stereocenters. The number of hydrogen-bond donors (Lipinski definition) is 1. The molecule has 0 spiro atoms. The smallest absolute Gasteiger partial charge is 0.0956 e. The van der Waals surface area contributed by atoms with E-state index < -0.39 is 0 Å². The second kappa shape index (κ2) is 3.64. The molecular formula is C11H10ClNS. The average Bonchev–Trinajstić information content (AvgIpc) is 2.46. The summed E-state index contributed by atoms with van der Waals surface area (Å²) in [5.74, 6) is 0. The Morgan fingerprint density at radius 1 is 1.21 bits per heavy atom. The fourth-order valence-corrected chi connectivity index (χ4v) is 2.48. The first-order valence-electron chi connectivity index (χ1n) is 4.29. The maximum absolute atomic E-state index is 5.91. The molecule has 72 valence electrons. The summed E-state index contributed by atoms with van der Waals surface area (Å²) >= 11 is 7.32. The summed E-state index contributed by atoms with van der Waals surface area (Å²) in [6.45, 7) is 2.07. The summed E-state index contributed by atoms with van der Waals surface area (Å²) in [4.78, 5) is 0. The molecule has 3 heteroatoms. The van der Waals surface area contributed by atoms with Crippen LogP contribution in [0.15, 0.2) is 30.3 Å². The van der Waals surface area contributed by atoms with Gasteiger partial charge in [-0.25, -0.2) is 0 Å². The molecule has 0 saturated carbocycles. The monoisotopic (exact) mass is 223 g/mol. The molecule has 1 nitrogen and oxygen atoms in total. The van der Waals surface area contributed by atoms with E-state index in [2.05, 4.69) is 19.1 Å². The molecule has 2 N–H and O–H groups in total. The van der Waals surface area contributed by atoms with E-state index in [0.717, 1.165) is 20.5 Å². The first-order chi connectivity index (χ1) is 6.68. The van der Waals surface area contributed by atoms with Crippen LogP contribution in [0.5, 0.6) is 0 Å². The van der Waals surface area contributed by atoms with E-state index in [1.54, 1.807) is 0 Å². The van der Waals surface area contributed by atoms with Crippen molar-refractivity contribution in [1.82, 2.24) is 0 Å². The maximum atomic E-state index is 5.91. The van der Waals surface area contributed by atoms with Crippen molar-refractivity contribution in [3.63, 3.8) is 0 Å². The van der Waals surface area contributed by atoms with Crippen LogP contribution in [0.1, 0.15) is 5.56 Å². The highest BCUT2D eigenvalue weighted by atomic mass is 35.5. The third kappa shape index (κ3) is 1.63. The molecule has 14 heavy (non-hydrogen) atoms. The Morgan fingerprint density at radius 3 is 2.50 bits per heavy atom. The van der Waals surface area contributed by atoms with Gasteiger partial charge in [-0.15, -0.1) is 11.3 Å². The molecule has 0 atom stereocenters. The molecule has 0 aliphatic heterocycles. The van der Waals surface area contributed by atoms with Crippen LogP contribution in [0.25, 0.3) is 11.1 Å². The summed E-state index contributed by atoms with van der Waals surface area (Å²) in [5.41, 5.74) is 9.29. The molecule has 2 aromatic rings. The first kappa shape index (κ1) is 9.56. The van der Waals surface area contributed by atoms with E-state index in [-0.39, 0.29) is 0 Å². The molecule has 0 radical (unpaired) electrons. The lowest BCUT2D eigenvalue weighted by molar-refractivity contribution is 1.47. The van der Waals surface area contributed by atoms with Crippen molar-refractivity contribution >= 4 is 27.9 Å². The molecule has 0 aliphatic carbocycles. The Kier molecular flexibility index (Phi) is 2.48. The molecule has 0 fully saturated rings. The Hall–Kier alpha value is -0.990. The van der Waals surface area contributed by atoms with E-state index in [0.29, 0.717) is 0 Å². The number of rotatable bonds is 1. The van der Waals surface area contributed by atoms with E-state index in [9.17, 15) is 0 Å². The number of nitrogen functional groups attached to an aromatic ring is 1. The normalized spacial score (nSPS) is 10.4. The highest BCUT2D eigenvalue weighted by molar-refractivity contribution is 7.20. The van der Waals surface area contributed by atoms with Crippen LogP contribution in [0.4, 0.5) is 5.00 Å². The van der Waals surface area contributed by atoms with Gasteiger partial charge in [0.2, 0.25) is 0 Å². The quantitative estimate of drug-likeness (QED) is 0.778. The second-order valence-corrected chi connectivity index (χ2v) is 4.86. The Balaban J connectivity index is 2.60. The Bertz CT molecular complexity index is 462. The summed E-state index contributed by atoms with van der Waals surface area (Å²) < 4.78 is 0.737. The third-order valence-corrected chi connectivity index (χ3v) is 3.26. The molecule has 1 aromatic heterocycles. The van der Waals surface area contributed by atoms with Crippen LogP contribution in [-0.4, -0.2) is 0 Å². The number of anilines is 1. The lowest BCUT2D eigenvalue weighted by Crippen LogP contribution is -1.85. The topological polar surface area (TPSA) is 26.0 Å². The lowest BCUT2D eigenvalue weighted by atomic mass is 10.0. The van der Waals surface area contributed by atoms with Gasteiger partial charge in [0.25, 0.3) is 0 Å². The van der Waals surface area contributed by atoms with Crippen molar-refractivity contribution in [1.29, 1.82) is 0 Å². The van der Waals surface area contributed by atoms with Gasteiger partial charge in [-0.2, -0.15) is 0 Å². The maximum Gasteiger partial charge on any atom is 0.0956 e. The summed E-state index contributed by atoms with van der Waals surface area (Å²) in [6, 6.07) is 10.1. The number of hydrogen-bond acceptors (Lipinski definition) is 2. The molecular weight excluding hydrogens is 214 g/mol. The van der Waals surface area contributed by atoms with Crippen LogP contribution in [0.2, 0.25) is 4.34 Å². The largest absolute Gasteiger partial charge is 0.390 e. The zero-order chi connectivity index (χ0) is 10.1. The summed E-state index contributed by atoms with van der Waals surface area (Å²) in [6.07, 6.45) is 0.